The van der Waals surface area contributed by atoms with Crippen molar-refractivity contribution >= 4 is 65.6 Å². The molecular weight excluding hydrogens is 671 g/mol. The largest absolute Gasteiger partial charge is 0.469 e. The van der Waals surface area contributed by atoms with Gasteiger partial charge in [-0.2, -0.15) is 0 Å². The van der Waals surface area contributed by atoms with Crippen molar-refractivity contribution in [3.63, 3.8) is 0 Å². The number of nitrogens with two attached hydrogens (primary N) is 2. The molecule has 18 heteroatoms. The molecule has 1 heterocycles. The summed E-state index contributed by atoms with van der Waals surface area (Å²) in [5, 5.41) is 9.28. The fourth-order valence-corrected chi connectivity index (χ4v) is 6.07. The number of amides is 6. The summed E-state index contributed by atoms with van der Waals surface area (Å²) in [6.45, 7) is 1.22. The Kier molecular flexibility index (Phi) is 13.9. The minimum Gasteiger partial charge on any atom is -0.370 e. The highest BCUT2D eigenvalue weighted by molar-refractivity contribution is 7.46. The number of hydrogen-bond acceptors (Lipinski definition) is 8. The number of piperidine rings is 1. The van der Waals surface area contributed by atoms with Crippen molar-refractivity contribution in [1.82, 2.24) is 20.9 Å². The van der Waals surface area contributed by atoms with Crippen LogP contribution in [0.25, 0.3) is 10.8 Å². The molecule has 9 N–H and O–H groups in total. The Bertz CT molecular complexity index is 1570. The predicted octanol–water partition coefficient (Wildman–Crippen LogP) is -0.295. The van der Waals surface area contributed by atoms with Gasteiger partial charge in [0.1, 0.15) is 30.0 Å². The molecule has 5 atom stereocenters. The van der Waals surface area contributed by atoms with E-state index in [9.17, 15) is 43.1 Å². The molecule has 1 saturated heterocycles. The first kappa shape index (κ1) is 38.4. The summed E-state index contributed by atoms with van der Waals surface area (Å²) >= 11 is 5.59. The number of carbonyl (C=O) groups excluding carboxylic acids is 6. The second kappa shape index (κ2) is 17.4. The highest BCUT2D eigenvalue weighted by atomic mass is 35.5. The number of carbonyl (C=O) groups is 6. The Labute approximate surface area is 281 Å². The zero-order chi connectivity index (χ0) is 35.6. The van der Waals surface area contributed by atoms with E-state index < -0.39 is 79.4 Å². The van der Waals surface area contributed by atoms with Crippen molar-refractivity contribution in [2.75, 3.05) is 12.4 Å². The van der Waals surface area contributed by atoms with Gasteiger partial charge in [-0.3, -0.25) is 33.3 Å². The molecule has 3 rings (SSSR count). The molecule has 2 aromatic carbocycles. The average molecular weight is 711 g/mol. The van der Waals surface area contributed by atoms with Gasteiger partial charge in [0.05, 0.1) is 6.10 Å². The molecule has 48 heavy (non-hydrogen) atoms. The minimum atomic E-state index is -5.09. The van der Waals surface area contributed by atoms with Gasteiger partial charge in [0, 0.05) is 19.4 Å². The van der Waals surface area contributed by atoms with Crippen LogP contribution < -0.4 is 27.4 Å². The van der Waals surface area contributed by atoms with Crippen molar-refractivity contribution in [1.29, 1.82) is 0 Å². The molecule has 0 aliphatic carbocycles. The number of halogens is 1. The van der Waals surface area contributed by atoms with Crippen LogP contribution in [-0.4, -0.2) is 92.8 Å². The van der Waals surface area contributed by atoms with Gasteiger partial charge in [0.2, 0.25) is 35.4 Å². The third-order valence-electron chi connectivity index (χ3n) is 7.79. The lowest BCUT2D eigenvalue weighted by Gasteiger charge is -2.38. The highest BCUT2D eigenvalue weighted by Gasteiger charge is 2.41. The number of nitrogens with one attached hydrogen (secondary N) is 3. The number of fused-ring (bicyclic) bond motifs is 1. The van der Waals surface area contributed by atoms with Crippen molar-refractivity contribution in [2.24, 2.45) is 11.5 Å². The molecule has 16 nitrogen and oxygen atoms in total. The Hall–Kier alpha value is -4.08. The number of likely N-dealkylation sites (tertiary alicyclic amines) is 1. The molecule has 0 saturated carbocycles. The van der Waals surface area contributed by atoms with Crippen molar-refractivity contribution in [3.05, 3.63) is 48.0 Å². The molecule has 2 aromatic rings. The van der Waals surface area contributed by atoms with E-state index in [4.69, 9.17) is 23.1 Å². The smallest absolute Gasteiger partial charge is 0.370 e. The van der Waals surface area contributed by atoms with Crippen LogP contribution in [0, 0.1) is 0 Å². The summed E-state index contributed by atoms with van der Waals surface area (Å²) in [4.78, 5) is 96.6. The summed E-state index contributed by atoms with van der Waals surface area (Å²) in [6.07, 6.45) is -0.801. The molecule has 0 spiro atoms. The first-order valence-corrected chi connectivity index (χ1v) is 17.2. The number of phosphoric acid groups is 1. The van der Waals surface area contributed by atoms with E-state index in [1.807, 2.05) is 36.4 Å². The topological polar surface area (TPSA) is 261 Å². The minimum absolute atomic E-state index is 0.0358. The number of nitrogens with zero attached hydrogens (tertiary/aromatic N) is 1. The second-order valence-corrected chi connectivity index (χ2v) is 12.9. The van der Waals surface area contributed by atoms with E-state index in [0.29, 0.717) is 18.4 Å². The standard InChI is InChI=1S/C30H40ClN6O10P/c1-17(47-48(44,45)46)26(36-25(39)16-31)30(43)37-13-5-4-8-23(37)29(42)35-22(28(41)34-21(27(33)40)11-12-24(32)38)15-18-9-10-19-6-2-3-7-20(19)14-18/h2-3,6-7,9-10,14,17,21-23,26H,4-5,8,11-13,15-16H2,1H3,(H2,32,38)(H2,33,40)(H,34,41)(H,35,42)(H,36,39)(H2,44,45,46)/t17?,21?,22?,23-,26?/m0/s1. The van der Waals surface area contributed by atoms with Gasteiger partial charge < -0.3 is 42.1 Å². The molecule has 0 aromatic heterocycles. The zero-order valence-corrected chi connectivity index (χ0v) is 27.8. The lowest BCUT2D eigenvalue weighted by atomic mass is 9.97. The maximum absolute atomic E-state index is 13.9. The Morgan fingerprint density at radius 2 is 1.69 bits per heavy atom. The van der Waals surface area contributed by atoms with Gasteiger partial charge in [0.15, 0.2) is 0 Å². The average Bonchev–Trinajstić information content (AvgIpc) is 3.03. The number of alkyl halides is 1. The summed E-state index contributed by atoms with van der Waals surface area (Å²) in [7, 11) is -5.09. The van der Waals surface area contributed by atoms with Gasteiger partial charge in [-0.15, -0.1) is 11.6 Å². The van der Waals surface area contributed by atoms with E-state index in [1.165, 1.54) is 6.92 Å². The van der Waals surface area contributed by atoms with E-state index >= 15 is 0 Å². The Morgan fingerprint density at radius 3 is 2.31 bits per heavy atom. The molecule has 262 valence electrons. The second-order valence-electron chi connectivity index (χ2n) is 11.4. The Balaban J connectivity index is 1.91. The number of benzene rings is 2. The number of hydrogen-bond donors (Lipinski definition) is 7. The van der Waals surface area contributed by atoms with Gasteiger partial charge in [0.25, 0.3) is 0 Å². The monoisotopic (exact) mass is 710 g/mol. The third kappa shape index (κ3) is 11.3. The molecule has 4 unspecified atom stereocenters. The SMILES string of the molecule is CC(OP(=O)(O)O)C(NC(=O)CCl)C(=O)N1CCCC[C@H]1C(=O)NC(Cc1ccc2ccccc2c1)C(=O)NC(CCC(N)=O)C(N)=O. The molecule has 6 amide bonds. The maximum Gasteiger partial charge on any atom is 0.469 e. The molecule has 0 bridgehead atoms. The Morgan fingerprint density at radius 1 is 1.00 bits per heavy atom. The van der Waals surface area contributed by atoms with Gasteiger partial charge in [-0.1, -0.05) is 42.5 Å². The quantitative estimate of drug-likeness (QED) is 0.0884. The molecule has 0 radical (unpaired) electrons. The van der Waals surface area contributed by atoms with Crippen LogP contribution in [0.5, 0.6) is 0 Å². The molecule has 1 aliphatic heterocycles. The van der Waals surface area contributed by atoms with Crippen LogP contribution in [0.4, 0.5) is 0 Å². The van der Waals surface area contributed by atoms with Crippen LogP contribution >= 0.6 is 19.4 Å². The van der Waals surface area contributed by atoms with Crippen LogP contribution in [0.1, 0.15) is 44.6 Å². The van der Waals surface area contributed by atoms with E-state index in [2.05, 4.69) is 20.5 Å². The summed E-state index contributed by atoms with van der Waals surface area (Å²) in [6, 6.07) is 7.64. The summed E-state index contributed by atoms with van der Waals surface area (Å²) in [5.41, 5.74) is 11.3. The van der Waals surface area contributed by atoms with Crippen LogP contribution in [0.3, 0.4) is 0 Å². The predicted molar refractivity (Wildman–Crippen MR) is 174 cm³/mol. The van der Waals surface area contributed by atoms with E-state index in [1.54, 1.807) is 6.07 Å². The highest BCUT2D eigenvalue weighted by Crippen LogP contribution is 2.38. The zero-order valence-electron chi connectivity index (χ0n) is 26.2. The normalized spacial score (nSPS) is 17.4. The van der Waals surface area contributed by atoms with Gasteiger partial charge in [-0.25, -0.2) is 4.57 Å². The fourth-order valence-electron chi connectivity index (χ4n) is 5.44. The third-order valence-corrected chi connectivity index (χ3v) is 8.64. The van der Waals surface area contributed by atoms with Crippen LogP contribution in [0.15, 0.2) is 42.5 Å². The lowest BCUT2D eigenvalue weighted by Crippen LogP contribution is -2.62. The number of phosphoric ester groups is 1. The first-order chi connectivity index (χ1) is 22.6. The van der Waals surface area contributed by atoms with Crippen LogP contribution in [0.2, 0.25) is 0 Å². The van der Waals surface area contributed by atoms with Gasteiger partial charge in [-0.05, 0) is 48.9 Å². The molecule has 1 fully saturated rings. The fraction of sp³-hybridized carbons (Fsp3) is 0.467. The van der Waals surface area contributed by atoms with E-state index in [-0.39, 0.29) is 32.2 Å². The van der Waals surface area contributed by atoms with Crippen LogP contribution in [-0.2, 0) is 44.3 Å². The summed E-state index contributed by atoms with van der Waals surface area (Å²) < 4.78 is 16.2. The van der Waals surface area contributed by atoms with Gasteiger partial charge >= 0.3 is 7.82 Å². The van der Waals surface area contributed by atoms with Crippen molar-refractivity contribution in [3.8, 4) is 0 Å². The molecular formula is C30H40ClN6O10P. The molecule has 1 aliphatic rings. The van der Waals surface area contributed by atoms with E-state index in [0.717, 1.165) is 15.7 Å². The summed E-state index contributed by atoms with van der Waals surface area (Å²) in [5.74, 6) is -5.38. The number of rotatable bonds is 16. The number of primary amides is 2. The first-order valence-electron chi connectivity index (χ1n) is 15.2. The van der Waals surface area contributed by atoms with Crippen molar-refractivity contribution in [2.45, 2.75) is 75.7 Å². The maximum atomic E-state index is 13.9. The van der Waals surface area contributed by atoms with Crippen molar-refractivity contribution < 1.29 is 47.6 Å². The lowest BCUT2D eigenvalue weighted by molar-refractivity contribution is -0.147.